The minimum atomic E-state index is -0.926. The fraction of sp³-hybridized carbons (Fsp3) is 0.607. The predicted octanol–water partition coefficient (Wildman–Crippen LogP) is 6.69. The lowest BCUT2D eigenvalue weighted by Gasteiger charge is -2.38. The molecule has 2 saturated carbocycles. The third kappa shape index (κ3) is 5.89. The van der Waals surface area contributed by atoms with Crippen LogP contribution in [0.1, 0.15) is 112 Å². The van der Waals surface area contributed by atoms with E-state index in [4.69, 9.17) is 4.52 Å². The number of aliphatic carboxylic acids is 1. The summed E-state index contributed by atoms with van der Waals surface area (Å²) in [7, 11) is 0. The molecular weight excluding hydrogens is 428 g/mol. The van der Waals surface area contributed by atoms with Gasteiger partial charge >= 0.3 is 5.97 Å². The Morgan fingerprint density at radius 1 is 1.15 bits per heavy atom. The number of hydrogen-bond donors (Lipinski definition) is 2. The van der Waals surface area contributed by atoms with E-state index >= 15 is 0 Å². The molecule has 1 heterocycles. The average molecular weight is 467 g/mol. The second kappa shape index (κ2) is 9.55. The fourth-order valence-electron chi connectivity index (χ4n) is 5.53. The van der Waals surface area contributed by atoms with Crippen molar-refractivity contribution in [2.45, 2.75) is 97.3 Å². The predicted molar refractivity (Wildman–Crippen MR) is 132 cm³/mol. The Morgan fingerprint density at radius 2 is 1.85 bits per heavy atom. The molecule has 1 amide bonds. The molecule has 6 nitrogen and oxygen atoms in total. The van der Waals surface area contributed by atoms with Crippen LogP contribution in [-0.2, 0) is 9.59 Å². The highest BCUT2D eigenvalue weighted by Gasteiger charge is 2.42. The zero-order valence-electron chi connectivity index (χ0n) is 21.1. The van der Waals surface area contributed by atoms with E-state index in [1.54, 1.807) is 0 Å². The number of hydrogen-bond acceptors (Lipinski definition) is 4. The Balaban J connectivity index is 1.51. The van der Waals surface area contributed by atoms with Gasteiger partial charge in [-0.05, 0) is 74.8 Å². The minimum Gasteiger partial charge on any atom is -0.481 e. The average Bonchev–Trinajstić information content (AvgIpc) is 3.43. The molecule has 0 bridgehead atoms. The summed E-state index contributed by atoms with van der Waals surface area (Å²) in [5, 5.41) is 17.0. The molecule has 34 heavy (non-hydrogen) atoms. The summed E-state index contributed by atoms with van der Waals surface area (Å²) in [5.74, 6) is 0.775. The number of rotatable bonds is 9. The number of carbonyl (C=O) groups excluding carboxylic acids is 1. The van der Waals surface area contributed by atoms with Gasteiger partial charge in [0.2, 0.25) is 5.91 Å². The van der Waals surface area contributed by atoms with Gasteiger partial charge in [-0.25, -0.2) is 0 Å². The van der Waals surface area contributed by atoms with Crippen molar-refractivity contribution in [2.75, 3.05) is 5.32 Å². The Hall–Kier alpha value is -2.63. The summed E-state index contributed by atoms with van der Waals surface area (Å²) >= 11 is 0. The Kier molecular flexibility index (Phi) is 6.88. The normalized spacial score (nSPS) is 21.1. The van der Waals surface area contributed by atoms with Crippen LogP contribution in [0.15, 0.2) is 22.7 Å². The molecule has 4 rings (SSSR count). The van der Waals surface area contributed by atoms with Crippen molar-refractivity contribution in [3.05, 3.63) is 46.3 Å². The van der Waals surface area contributed by atoms with Crippen molar-refractivity contribution < 1.29 is 19.2 Å². The number of carboxylic acid groups (broad SMARTS) is 1. The lowest BCUT2D eigenvalue weighted by Crippen LogP contribution is -2.26. The van der Waals surface area contributed by atoms with Crippen LogP contribution in [-0.4, -0.2) is 22.1 Å². The van der Waals surface area contributed by atoms with Gasteiger partial charge in [-0.3, -0.25) is 9.59 Å². The van der Waals surface area contributed by atoms with Gasteiger partial charge in [-0.2, -0.15) is 0 Å². The first kappa shape index (κ1) is 24.5. The zero-order valence-corrected chi connectivity index (χ0v) is 21.1. The molecule has 184 valence electrons. The van der Waals surface area contributed by atoms with E-state index in [-0.39, 0.29) is 18.7 Å². The summed E-state index contributed by atoms with van der Waals surface area (Å²) in [6.07, 6.45) is 5.49. The fourth-order valence-corrected chi connectivity index (χ4v) is 5.53. The zero-order chi connectivity index (χ0) is 24.6. The Bertz CT molecular complexity index is 1050. The maximum Gasteiger partial charge on any atom is 0.304 e. The number of benzene rings is 1. The highest BCUT2D eigenvalue weighted by atomic mass is 16.5. The van der Waals surface area contributed by atoms with Crippen molar-refractivity contribution in [3.63, 3.8) is 0 Å². The third-order valence-corrected chi connectivity index (χ3v) is 7.17. The summed E-state index contributed by atoms with van der Waals surface area (Å²) in [5.41, 5.74) is 4.98. The first-order valence-corrected chi connectivity index (χ1v) is 12.6. The van der Waals surface area contributed by atoms with E-state index < -0.39 is 11.9 Å². The molecule has 1 aromatic carbocycles. The second-order valence-electron chi connectivity index (χ2n) is 11.8. The van der Waals surface area contributed by atoms with Crippen molar-refractivity contribution in [1.82, 2.24) is 5.16 Å². The molecule has 2 N–H and O–H groups in total. The van der Waals surface area contributed by atoms with Crippen LogP contribution >= 0.6 is 0 Å². The summed E-state index contributed by atoms with van der Waals surface area (Å²) in [4.78, 5) is 24.6. The Morgan fingerprint density at radius 3 is 2.44 bits per heavy atom. The van der Waals surface area contributed by atoms with Crippen LogP contribution < -0.4 is 5.32 Å². The largest absolute Gasteiger partial charge is 0.481 e. The van der Waals surface area contributed by atoms with Crippen LogP contribution in [0.3, 0.4) is 0 Å². The molecule has 0 unspecified atom stereocenters. The molecule has 0 radical (unpaired) electrons. The molecule has 1 aromatic heterocycles. The van der Waals surface area contributed by atoms with Gasteiger partial charge in [-0.1, -0.05) is 43.6 Å². The van der Waals surface area contributed by atoms with Crippen molar-refractivity contribution >= 4 is 17.6 Å². The van der Waals surface area contributed by atoms with E-state index in [2.05, 4.69) is 31.2 Å². The molecule has 2 aromatic rings. The van der Waals surface area contributed by atoms with Crippen LogP contribution in [0, 0.1) is 25.2 Å². The molecule has 0 spiro atoms. The van der Waals surface area contributed by atoms with Gasteiger partial charge in [-0.15, -0.1) is 0 Å². The quantitative estimate of drug-likeness (QED) is 0.430. The first-order valence-electron chi connectivity index (χ1n) is 12.6. The number of aromatic nitrogens is 1. The van der Waals surface area contributed by atoms with E-state index in [9.17, 15) is 14.7 Å². The van der Waals surface area contributed by atoms with Gasteiger partial charge < -0.3 is 14.9 Å². The third-order valence-electron chi connectivity index (χ3n) is 7.17. The van der Waals surface area contributed by atoms with Crippen LogP contribution in [0.2, 0.25) is 0 Å². The number of carbonyl (C=O) groups is 2. The van der Waals surface area contributed by atoms with Crippen molar-refractivity contribution in [2.24, 2.45) is 11.3 Å². The smallest absolute Gasteiger partial charge is 0.304 e. The number of aryl methyl sites for hydroxylation is 2. The molecule has 6 heteroatoms. The van der Waals surface area contributed by atoms with E-state index in [0.29, 0.717) is 28.9 Å². The van der Waals surface area contributed by atoms with Crippen LogP contribution in [0.25, 0.3) is 0 Å². The van der Waals surface area contributed by atoms with Gasteiger partial charge in [0, 0.05) is 29.5 Å². The van der Waals surface area contributed by atoms with Gasteiger partial charge in [0.05, 0.1) is 12.1 Å². The van der Waals surface area contributed by atoms with Gasteiger partial charge in [0.15, 0.2) is 0 Å². The summed E-state index contributed by atoms with van der Waals surface area (Å²) in [6.45, 7) is 10.8. The van der Waals surface area contributed by atoms with Crippen molar-refractivity contribution in [3.8, 4) is 0 Å². The number of carboxylic acids is 1. The van der Waals surface area contributed by atoms with E-state index in [1.165, 1.54) is 6.42 Å². The molecule has 2 aliphatic rings. The topological polar surface area (TPSA) is 92.4 Å². The number of amides is 1. The molecule has 1 atom stereocenters. The van der Waals surface area contributed by atoms with E-state index in [0.717, 1.165) is 53.8 Å². The highest BCUT2D eigenvalue weighted by molar-refractivity contribution is 5.92. The monoisotopic (exact) mass is 466 g/mol. The summed E-state index contributed by atoms with van der Waals surface area (Å²) in [6, 6.07) is 5.87. The SMILES string of the molecule is Cc1ccc(NC(=O)C[C@@H](CC(=O)O)c2noc([C@H]3C[C@H](CC(C)(C)C)C3)c2C2CC2)c(C)c1. The maximum absolute atomic E-state index is 12.9. The van der Waals surface area contributed by atoms with Gasteiger partial charge in [0.1, 0.15) is 5.76 Å². The molecule has 2 fully saturated rings. The molecular formula is C28H38N2O4. The summed E-state index contributed by atoms with van der Waals surface area (Å²) < 4.78 is 5.90. The van der Waals surface area contributed by atoms with Crippen LogP contribution in [0.4, 0.5) is 5.69 Å². The maximum atomic E-state index is 12.9. The standard InChI is InChI=1S/C28H38N2O4/c1-16-6-9-22(17(2)10-16)29-23(31)13-20(14-24(32)33)26-25(19-7-8-19)27(34-30-26)21-11-18(12-21)15-28(3,4)5/h6,9-10,18-21H,7-8,11-15H2,1-5H3,(H,29,31)(H,32,33)/t18-,20-,21-/m0/s1. The number of anilines is 1. The second-order valence-corrected chi connectivity index (χ2v) is 11.8. The first-order chi connectivity index (χ1) is 16.0. The van der Waals surface area contributed by atoms with E-state index in [1.807, 2.05) is 32.0 Å². The number of nitrogens with one attached hydrogen (secondary N) is 1. The number of nitrogens with zero attached hydrogens (tertiary/aromatic N) is 1. The lowest BCUT2D eigenvalue weighted by molar-refractivity contribution is -0.137. The Labute approximate surface area is 202 Å². The molecule has 0 saturated heterocycles. The lowest BCUT2D eigenvalue weighted by atomic mass is 9.67. The van der Waals surface area contributed by atoms with Crippen molar-refractivity contribution in [1.29, 1.82) is 0 Å². The minimum absolute atomic E-state index is 0.0720. The molecule has 2 aliphatic carbocycles. The highest BCUT2D eigenvalue weighted by Crippen LogP contribution is 2.53. The molecule has 0 aliphatic heterocycles. The van der Waals surface area contributed by atoms with Gasteiger partial charge in [0.25, 0.3) is 0 Å². The van der Waals surface area contributed by atoms with Crippen LogP contribution in [0.5, 0.6) is 0 Å².